The molecule has 1 aromatic rings. The highest BCUT2D eigenvalue weighted by atomic mass is 35.5. The summed E-state index contributed by atoms with van der Waals surface area (Å²) >= 11 is 0. The highest BCUT2D eigenvalue weighted by Gasteiger charge is 2.05. The summed E-state index contributed by atoms with van der Waals surface area (Å²) < 4.78 is 0. The average molecular weight is 287 g/mol. The predicted octanol–water partition coefficient (Wildman–Crippen LogP) is 1.66. The standard InChI is InChI=1S/C12H18N4O2.ClH/c1-8(13)5-6-11(17)15-9-3-2-4-10(7-9)16-12(14)18;/h2-4,7-8H,5-6,13H2,1H3,(H,15,17)(H3,14,16,18);1H. The Labute approximate surface area is 118 Å². The van der Waals surface area contributed by atoms with Gasteiger partial charge < -0.3 is 22.1 Å². The maximum Gasteiger partial charge on any atom is 0.316 e. The van der Waals surface area contributed by atoms with Crippen LogP contribution in [0.25, 0.3) is 0 Å². The lowest BCUT2D eigenvalue weighted by atomic mass is 10.2. The summed E-state index contributed by atoms with van der Waals surface area (Å²) in [5, 5.41) is 5.16. The first kappa shape index (κ1) is 17.2. The highest BCUT2D eigenvalue weighted by molar-refractivity contribution is 5.93. The van der Waals surface area contributed by atoms with Gasteiger partial charge in [0.1, 0.15) is 0 Å². The number of hydrogen-bond acceptors (Lipinski definition) is 3. The van der Waals surface area contributed by atoms with Crippen LogP contribution < -0.4 is 22.1 Å². The number of halogens is 1. The van der Waals surface area contributed by atoms with Crippen molar-refractivity contribution in [2.45, 2.75) is 25.8 Å². The van der Waals surface area contributed by atoms with E-state index in [1.54, 1.807) is 24.3 Å². The number of hydrogen-bond donors (Lipinski definition) is 4. The number of carbonyl (C=O) groups excluding carboxylic acids is 2. The first-order chi connectivity index (χ1) is 8.47. The van der Waals surface area contributed by atoms with E-state index < -0.39 is 6.03 Å². The number of rotatable bonds is 5. The first-order valence-electron chi connectivity index (χ1n) is 5.69. The molecule has 1 aromatic carbocycles. The minimum Gasteiger partial charge on any atom is -0.351 e. The molecular weight excluding hydrogens is 268 g/mol. The van der Waals surface area contributed by atoms with Gasteiger partial charge in [0.05, 0.1) is 0 Å². The third-order valence-electron chi connectivity index (χ3n) is 2.24. The Morgan fingerprint density at radius 2 is 1.84 bits per heavy atom. The van der Waals surface area contributed by atoms with E-state index in [1.165, 1.54) is 0 Å². The molecule has 106 valence electrons. The number of anilines is 2. The van der Waals surface area contributed by atoms with E-state index in [-0.39, 0.29) is 24.4 Å². The van der Waals surface area contributed by atoms with E-state index in [0.29, 0.717) is 24.2 Å². The fraction of sp³-hybridized carbons (Fsp3) is 0.333. The smallest absolute Gasteiger partial charge is 0.316 e. The largest absolute Gasteiger partial charge is 0.351 e. The van der Waals surface area contributed by atoms with Gasteiger partial charge in [-0.05, 0) is 31.5 Å². The van der Waals surface area contributed by atoms with E-state index in [2.05, 4.69) is 10.6 Å². The number of nitrogens with one attached hydrogen (secondary N) is 2. The molecule has 0 aromatic heterocycles. The Hall–Kier alpha value is -1.79. The van der Waals surface area contributed by atoms with Crippen molar-refractivity contribution in [1.82, 2.24) is 0 Å². The van der Waals surface area contributed by atoms with Crippen LogP contribution in [0, 0.1) is 0 Å². The van der Waals surface area contributed by atoms with Crippen molar-refractivity contribution in [3.8, 4) is 0 Å². The minimum absolute atomic E-state index is 0. The van der Waals surface area contributed by atoms with E-state index in [1.807, 2.05) is 6.92 Å². The van der Waals surface area contributed by atoms with Crippen LogP contribution >= 0.6 is 12.4 Å². The average Bonchev–Trinajstić information content (AvgIpc) is 2.26. The van der Waals surface area contributed by atoms with Crippen LogP contribution in [0.2, 0.25) is 0 Å². The molecule has 0 aliphatic rings. The zero-order chi connectivity index (χ0) is 13.5. The molecule has 3 amide bonds. The molecule has 0 fully saturated rings. The number of urea groups is 1. The van der Waals surface area contributed by atoms with Crippen molar-refractivity contribution in [2.24, 2.45) is 11.5 Å². The van der Waals surface area contributed by atoms with Crippen molar-refractivity contribution in [1.29, 1.82) is 0 Å². The molecule has 7 heteroatoms. The molecule has 0 heterocycles. The predicted molar refractivity (Wildman–Crippen MR) is 78.4 cm³/mol. The molecule has 0 saturated carbocycles. The first-order valence-corrected chi connectivity index (χ1v) is 5.69. The van der Waals surface area contributed by atoms with Crippen LogP contribution in [0.5, 0.6) is 0 Å². The molecule has 6 N–H and O–H groups in total. The second-order valence-corrected chi connectivity index (χ2v) is 4.13. The van der Waals surface area contributed by atoms with E-state index in [4.69, 9.17) is 11.5 Å². The van der Waals surface area contributed by atoms with Crippen LogP contribution in [0.1, 0.15) is 19.8 Å². The van der Waals surface area contributed by atoms with Crippen molar-refractivity contribution in [3.63, 3.8) is 0 Å². The SMILES string of the molecule is CC(N)CCC(=O)Nc1cccc(NC(N)=O)c1.Cl. The van der Waals surface area contributed by atoms with Gasteiger partial charge in [-0.15, -0.1) is 12.4 Å². The van der Waals surface area contributed by atoms with E-state index in [9.17, 15) is 9.59 Å². The second kappa shape index (κ2) is 8.34. The summed E-state index contributed by atoms with van der Waals surface area (Å²) in [7, 11) is 0. The summed E-state index contributed by atoms with van der Waals surface area (Å²) in [4.78, 5) is 22.3. The van der Waals surface area contributed by atoms with E-state index in [0.717, 1.165) is 0 Å². The van der Waals surface area contributed by atoms with Crippen LogP contribution in [-0.4, -0.2) is 18.0 Å². The Morgan fingerprint density at radius 3 is 2.37 bits per heavy atom. The Kier molecular flexibility index (Phi) is 7.55. The highest BCUT2D eigenvalue weighted by Crippen LogP contribution is 2.15. The van der Waals surface area contributed by atoms with Gasteiger partial charge in [-0.3, -0.25) is 4.79 Å². The lowest BCUT2D eigenvalue weighted by Crippen LogP contribution is -2.20. The van der Waals surface area contributed by atoms with Gasteiger partial charge in [0.15, 0.2) is 0 Å². The Morgan fingerprint density at radius 1 is 1.26 bits per heavy atom. The topological polar surface area (TPSA) is 110 Å². The normalized spacial score (nSPS) is 11.1. The summed E-state index contributed by atoms with van der Waals surface area (Å²) in [6.45, 7) is 1.85. The minimum atomic E-state index is -0.643. The second-order valence-electron chi connectivity index (χ2n) is 4.13. The molecule has 1 atom stereocenters. The number of nitrogens with two attached hydrogens (primary N) is 2. The monoisotopic (exact) mass is 286 g/mol. The summed E-state index contributed by atoms with van der Waals surface area (Å²) in [5.74, 6) is -0.108. The summed E-state index contributed by atoms with van der Waals surface area (Å²) in [6, 6.07) is 6.12. The molecule has 1 unspecified atom stereocenters. The van der Waals surface area contributed by atoms with Crippen LogP contribution in [-0.2, 0) is 4.79 Å². The molecule has 0 radical (unpaired) electrons. The van der Waals surface area contributed by atoms with Gasteiger partial charge in [0, 0.05) is 23.8 Å². The molecule has 1 rings (SSSR count). The quantitative estimate of drug-likeness (QED) is 0.660. The Balaban J connectivity index is 0.00000324. The number of carbonyl (C=O) groups is 2. The molecule has 0 aliphatic heterocycles. The van der Waals surface area contributed by atoms with Gasteiger partial charge in [0.25, 0.3) is 0 Å². The third-order valence-corrected chi connectivity index (χ3v) is 2.24. The Bertz CT molecular complexity index is 437. The lowest BCUT2D eigenvalue weighted by molar-refractivity contribution is -0.116. The molecule has 0 spiro atoms. The number of benzene rings is 1. The zero-order valence-corrected chi connectivity index (χ0v) is 11.5. The van der Waals surface area contributed by atoms with Crippen molar-refractivity contribution in [2.75, 3.05) is 10.6 Å². The number of primary amides is 1. The summed E-state index contributed by atoms with van der Waals surface area (Å²) in [5.41, 5.74) is 11.7. The third kappa shape index (κ3) is 7.28. The van der Waals surface area contributed by atoms with Crippen LogP contribution in [0.3, 0.4) is 0 Å². The van der Waals surface area contributed by atoms with Crippen molar-refractivity contribution in [3.05, 3.63) is 24.3 Å². The summed E-state index contributed by atoms with van der Waals surface area (Å²) in [6.07, 6.45) is 0.996. The van der Waals surface area contributed by atoms with Crippen molar-refractivity contribution >= 4 is 35.7 Å². The molecular formula is C12H19ClN4O2. The fourth-order valence-corrected chi connectivity index (χ4v) is 1.40. The maximum absolute atomic E-state index is 11.6. The molecule has 0 bridgehead atoms. The van der Waals surface area contributed by atoms with Gasteiger partial charge in [-0.25, -0.2) is 4.79 Å². The van der Waals surface area contributed by atoms with Crippen molar-refractivity contribution < 1.29 is 9.59 Å². The maximum atomic E-state index is 11.6. The molecule has 19 heavy (non-hydrogen) atoms. The lowest BCUT2D eigenvalue weighted by Gasteiger charge is -2.08. The van der Waals surface area contributed by atoms with Gasteiger partial charge in [-0.1, -0.05) is 6.07 Å². The number of amides is 3. The van der Waals surface area contributed by atoms with Gasteiger partial charge in [-0.2, -0.15) is 0 Å². The molecule has 0 saturated heterocycles. The van der Waals surface area contributed by atoms with Crippen LogP contribution in [0.15, 0.2) is 24.3 Å². The van der Waals surface area contributed by atoms with Crippen LogP contribution in [0.4, 0.5) is 16.2 Å². The molecule has 6 nitrogen and oxygen atoms in total. The molecule has 0 aliphatic carbocycles. The fourth-order valence-electron chi connectivity index (χ4n) is 1.40. The zero-order valence-electron chi connectivity index (χ0n) is 10.7. The van der Waals surface area contributed by atoms with Gasteiger partial charge >= 0.3 is 6.03 Å². The van der Waals surface area contributed by atoms with E-state index >= 15 is 0 Å². The van der Waals surface area contributed by atoms with Gasteiger partial charge in [0.2, 0.25) is 5.91 Å².